The maximum atomic E-state index is 3.45. The first-order chi connectivity index (χ1) is 7.66. The summed E-state index contributed by atoms with van der Waals surface area (Å²) in [5.41, 5.74) is 6.23. The Morgan fingerprint density at radius 3 is 2.38 bits per heavy atom. The first-order valence-electron chi connectivity index (χ1n) is 5.57. The SMILES string of the molecule is Cc1cccc(Nc2cccc(C)c2C)c1. The van der Waals surface area contributed by atoms with Crippen molar-refractivity contribution in [2.24, 2.45) is 0 Å². The van der Waals surface area contributed by atoms with Crippen molar-refractivity contribution in [3.8, 4) is 0 Å². The minimum absolute atomic E-state index is 1.15. The molecule has 0 aromatic heterocycles. The molecule has 2 rings (SSSR count). The topological polar surface area (TPSA) is 12.0 Å². The molecule has 0 bridgehead atoms. The van der Waals surface area contributed by atoms with Crippen LogP contribution < -0.4 is 5.32 Å². The van der Waals surface area contributed by atoms with Gasteiger partial charge in [0.25, 0.3) is 0 Å². The Labute approximate surface area is 97.1 Å². The minimum Gasteiger partial charge on any atom is -0.355 e. The molecule has 0 unspecified atom stereocenters. The third-order valence-corrected chi connectivity index (χ3v) is 2.90. The van der Waals surface area contributed by atoms with Crippen molar-refractivity contribution in [2.45, 2.75) is 20.8 Å². The highest BCUT2D eigenvalue weighted by Gasteiger charge is 2.00. The monoisotopic (exact) mass is 211 g/mol. The number of hydrogen-bond donors (Lipinski definition) is 1. The molecule has 1 heteroatoms. The van der Waals surface area contributed by atoms with E-state index in [2.05, 4.69) is 68.6 Å². The Morgan fingerprint density at radius 2 is 1.62 bits per heavy atom. The highest BCUT2D eigenvalue weighted by atomic mass is 14.9. The first-order valence-corrected chi connectivity index (χ1v) is 5.57. The van der Waals surface area contributed by atoms with E-state index < -0.39 is 0 Å². The summed E-state index contributed by atoms with van der Waals surface area (Å²) in [6, 6.07) is 14.8. The molecule has 0 aliphatic rings. The third-order valence-electron chi connectivity index (χ3n) is 2.90. The normalized spacial score (nSPS) is 10.2. The zero-order chi connectivity index (χ0) is 11.5. The maximum absolute atomic E-state index is 3.45. The van der Waals surface area contributed by atoms with Gasteiger partial charge in [0.15, 0.2) is 0 Å². The Bertz CT molecular complexity index is 501. The summed E-state index contributed by atoms with van der Waals surface area (Å²) in [6.07, 6.45) is 0. The molecular formula is C15H17N. The van der Waals surface area contributed by atoms with E-state index in [4.69, 9.17) is 0 Å². The van der Waals surface area contributed by atoms with Crippen molar-refractivity contribution < 1.29 is 0 Å². The Hall–Kier alpha value is -1.76. The van der Waals surface area contributed by atoms with Crippen molar-refractivity contribution >= 4 is 11.4 Å². The van der Waals surface area contributed by atoms with E-state index >= 15 is 0 Å². The highest BCUT2D eigenvalue weighted by molar-refractivity contribution is 5.64. The molecule has 0 saturated heterocycles. The fourth-order valence-electron chi connectivity index (χ4n) is 1.76. The third kappa shape index (κ3) is 2.25. The molecule has 0 heterocycles. The van der Waals surface area contributed by atoms with Crippen LogP contribution in [0.5, 0.6) is 0 Å². The largest absolute Gasteiger partial charge is 0.355 e. The molecule has 0 atom stereocenters. The molecule has 0 spiro atoms. The smallest absolute Gasteiger partial charge is 0.0416 e. The van der Waals surface area contributed by atoms with Crippen LogP contribution in [0.2, 0.25) is 0 Å². The second-order valence-corrected chi connectivity index (χ2v) is 4.24. The summed E-state index contributed by atoms with van der Waals surface area (Å²) in [7, 11) is 0. The van der Waals surface area contributed by atoms with Gasteiger partial charge in [-0.2, -0.15) is 0 Å². The van der Waals surface area contributed by atoms with E-state index in [0.29, 0.717) is 0 Å². The van der Waals surface area contributed by atoms with Crippen LogP contribution >= 0.6 is 0 Å². The molecule has 16 heavy (non-hydrogen) atoms. The van der Waals surface area contributed by atoms with E-state index in [9.17, 15) is 0 Å². The van der Waals surface area contributed by atoms with Crippen molar-refractivity contribution in [1.29, 1.82) is 0 Å². The number of nitrogens with one attached hydrogen (secondary N) is 1. The molecule has 0 amide bonds. The molecule has 0 fully saturated rings. The van der Waals surface area contributed by atoms with Gasteiger partial charge in [-0.3, -0.25) is 0 Å². The summed E-state index contributed by atoms with van der Waals surface area (Å²) in [5, 5.41) is 3.45. The molecule has 1 nitrogen and oxygen atoms in total. The predicted molar refractivity (Wildman–Crippen MR) is 70.4 cm³/mol. The van der Waals surface area contributed by atoms with Gasteiger partial charge in [0.05, 0.1) is 0 Å². The summed E-state index contributed by atoms with van der Waals surface area (Å²) in [6.45, 7) is 6.39. The van der Waals surface area contributed by atoms with Gasteiger partial charge in [0, 0.05) is 11.4 Å². The van der Waals surface area contributed by atoms with Gasteiger partial charge < -0.3 is 5.32 Å². The maximum Gasteiger partial charge on any atom is 0.0416 e. The van der Waals surface area contributed by atoms with Crippen molar-refractivity contribution in [3.63, 3.8) is 0 Å². The fraction of sp³-hybridized carbons (Fsp3) is 0.200. The molecule has 1 N–H and O–H groups in total. The molecule has 82 valence electrons. The highest BCUT2D eigenvalue weighted by Crippen LogP contribution is 2.23. The van der Waals surface area contributed by atoms with Crippen molar-refractivity contribution in [2.75, 3.05) is 5.32 Å². The number of hydrogen-bond acceptors (Lipinski definition) is 1. The van der Waals surface area contributed by atoms with Gasteiger partial charge >= 0.3 is 0 Å². The standard InChI is InChI=1S/C15H17N/c1-11-6-4-8-14(10-11)16-15-9-5-7-12(2)13(15)3/h4-10,16H,1-3H3. The van der Waals surface area contributed by atoms with Gasteiger partial charge in [-0.15, -0.1) is 0 Å². The van der Waals surface area contributed by atoms with Crippen LogP contribution in [0.15, 0.2) is 42.5 Å². The average molecular weight is 211 g/mol. The molecule has 0 aliphatic carbocycles. The molecular weight excluding hydrogens is 194 g/mol. The van der Waals surface area contributed by atoms with Crippen molar-refractivity contribution in [3.05, 3.63) is 59.2 Å². The molecule has 0 aliphatic heterocycles. The fourth-order valence-corrected chi connectivity index (χ4v) is 1.76. The Balaban J connectivity index is 2.31. The summed E-state index contributed by atoms with van der Waals surface area (Å²) < 4.78 is 0. The van der Waals surface area contributed by atoms with Crippen LogP contribution in [0.4, 0.5) is 11.4 Å². The van der Waals surface area contributed by atoms with Gasteiger partial charge in [-0.25, -0.2) is 0 Å². The van der Waals surface area contributed by atoms with Gasteiger partial charge in [0.2, 0.25) is 0 Å². The van der Waals surface area contributed by atoms with Crippen LogP contribution in [0, 0.1) is 20.8 Å². The zero-order valence-electron chi connectivity index (χ0n) is 10.0. The van der Waals surface area contributed by atoms with Crippen LogP contribution in [0.25, 0.3) is 0 Å². The minimum atomic E-state index is 1.15. The Morgan fingerprint density at radius 1 is 0.875 bits per heavy atom. The van der Waals surface area contributed by atoms with E-state index in [1.165, 1.54) is 22.4 Å². The summed E-state index contributed by atoms with van der Waals surface area (Å²) >= 11 is 0. The quantitative estimate of drug-likeness (QED) is 0.778. The number of benzene rings is 2. The van der Waals surface area contributed by atoms with E-state index in [1.54, 1.807) is 0 Å². The lowest BCUT2D eigenvalue weighted by atomic mass is 10.1. The van der Waals surface area contributed by atoms with E-state index in [-0.39, 0.29) is 0 Å². The van der Waals surface area contributed by atoms with Crippen LogP contribution in [0.1, 0.15) is 16.7 Å². The molecule has 2 aromatic rings. The number of rotatable bonds is 2. The molecule has 2 aromatic carbocycles. The zero-order valence-corrected chi connectivity index (χ0v) is 10.0. The average Bonchev–Trinajstić information content (AvgIpc) is 2.25. The van der Waals surface area contributed by atoms with Crippen LogP contribution in [-0.2, 0) is 0 Å². The number of aryl methyl sites for hydroxylation is 2. The van der Waals surface area contributed by atoms with Crippen LogP contribution in [-0.4, -0.2) is 0 Å². The van der Waals surface area contributed by atoms with Crippen molar-refractivity contribution in [1.82, 2.24) is 0 Å². The number of anilines is 2. The molecule has 0 radical (unpaired) electrons. The summed E-state index contributed by atoms with van der Waals surface area (Å²) in [5.74, 6) is 0. The molecule has 0 saturated carbocycles. The van der Waals surface area contributed by atoms with E-state index in [0.717, 1.165) is 5.69 Å². The van der Waals surface area contributed by atoms with E-state index in [1.807, 2.05) is 0 Å². The van der Waals surface area contributed by atoms with Crippen LogP contribution in [0.3, 0.4) is 0 Å². The van der Waals surface area contributed by atoms with Gasteiger partial charge in [0.1, 0.15) is 0 Å². The second kappa shape index (κ2) is 4.40. The lowest BCUT2D eigenvalue weighted by molar-refractivity contribution is 1.33. The Kier molecular flexibility index (Phi) is 2.95. The summed E-state index contributed by atoms with van der Waals surface area (Å²) in [4.78, 5) is 0. The second-order valence-electron chi connectivity index (χ2n) is 4.24. The van der Waals surface area contributed by atoms with Gasteiger partial charge in [-0.05, 0) is 55.7 Å². The lowest BCUT2D eigenvalue weighted by Gasteiger charge is -2.11. The van der Waals surface area contributed by atoms with Gasteiger partial charge in [-0.1, -0.05) is 24.3 Å². The lowest BCUT2D eigenvalue weighted by Crippen LogP contribution is -1.94. The first kappa shape index (κ1) is 10.7. The predicted octanol–water partition coefficient (Wildman–Crippen LogP) is 4.36.